The van der Waals surface area contributed by atoms with Crippen molar-refractivity contribution < 1.29 is 0 Å². The van der Waals surface area contributed by atoms with Crippen molar-refractivity contribution in [2.75, 3.05) is 0 Å². The third kappa shape index (κ3) is 1.96. The number of hydrogen-bond acceptors (Lipinski definition) is 0. The van der Waals surface area contributed by atoms with E-state index in [1.54, 1.807) is 0 Å². The second-order valence-corrected chi connectivity index (χ2v) is 6.32. The van der Waals surface area contributed by atoms with E-state index in [9.17, 15) is 0 Å². The van der Waals surface area contributed by atoms with Crippen molar-refractivity contribution in [1.82, 2.24) is 0 Å². The minimum Gasteiger partial charge on any atom is -0.0658 e. The Morgan fingerprint density at radius 2 is 1.00 bits per heavy atom. The van der Waals surface area contributed by atoms with E-state index in [2.05, 4.69) is 68.1 Å². The predicted molar refractivity (Wildman–Crippen MR) is 67.8 cm³/mol. The van der Waals surface area contributed by atoms with E-state index in [0.717, 1.165) is 0 Å². The molecule has 0 amide bonds. The third-order valence-electron chi connectivity index (χ3n) is 2.60. The second-order valence-electron chi connectivity index (χ2n) is 3.54. The Morgan fingerprint density at radius 1 is 0.643 bits per heavy atom. The van der Waals surface area contributed by atoms with Crippen LogP contribution in [0.25, 0.3) is 0 Å². The average molecular weight is 196 g/mol. The van der Waals surface area contributed by atoms with Gasteiger partial charge in [-0.3, -0.25) is 0 Å². The van der Waals surface area contributed by atoms with Crippen molar-refractivity contribution in [3.8, 4) is 0 Å². The van der Waals surface area contributed by atoms with Gasteiger partial charge in [-0.05, 0) is 0 Å². The van der Waals surface area contributed by atoms with Gasteiger partial charge in [-0.2, -0.15) is 0 Å². The Kier molecular flexibility index (Phi) is 2.85. The zero-order chi connectivity index (χ0) is 9.80. The molecule has 0 aliphatic carbocycles. The van der Waals surface area contributed by atoms with E-state index in [-0.39, 0.29) is 0 Å². The number of hydrogen-bond donors (Lipinski definition) is 0. The monoisotopic (exact) mass is 196 g/mol. The van der Waals surface area contributed by atoms with Crippen LogP contribution in [0, 0.1) is 0 Å². The zero-order valence-electron chi connectivity index (χ0n) is 8.35. The van der Waals surface area contributed by atoms with E-state index in [0.29, 0.717) is 0 Å². The Balaban J connectivity index is 2.30. The smallest absolute Gasteiger partial charge is 0.0658 e. The van der Waals surface area contributed by atoms with E-state index in [1.807, 2.05) is 0 Å². The molecule has 0 aromatic heterocycles. The Hall–Kier alpha value is -1.28. The molecule has 68 valence electrons. The molecule has 0 N–H and O–H groups in total. The maximum Gasteiger partial charge on any atom is 0.104 e. The molecule has 0 spiro atoms. The molecule has 0 unspecified atom stereocenters. The molecule has 2 aromatic rings. The molecular weight excluding hydrogens is 183 g/mol. The highest BCUT2D eigenvalue weighted by Crippen LogP contribution is 1.89. The minimum atomic E-state index is -0.919. The molecule has 0 atom stereocenters. The first-order valence-electron chi connectivity index (χ1n) is 4.98. The standard InChI is InChI=1S/C12H13BSi/c13-14(11-7-3-1-4-8-11)12-9-5-2-6-10-12/h1-10,14H,13H2. The molecule has 0 heterocycles. The van der Waals surface area contributed by atoms with Crippen molar-refractivity contribution in [3.05, 3.63) is 60.7 Å². The quantitative estimate of drug-likeness (QED) is 0.600. The lowest BCUT2D eigenvalue weighted by Crippen LogP contribution is -2.42. The van der Waals surface area contributed by atoms with Crippen LogP contribution < -0.4 is 10.4 Å². The SMILES string of the molecule is B[SiH](c1ccccc1)c1ccccc1. The van der Waals surface area contributed by atoms with E-state index in [4.69, 9.17) is 0 Å². The van der Waals surface area contributed by atoms with Crippen LogP contribution >= 0.6 is 0 Å². The van der Waals surface area contributed by atoms with Crippen LogP contribution in [0.2, 0.25) is 0 Å². The fourth-order valence-corrected chi connectivity index (χ4v) is 3.66. The summed E-state index contributed by atoms with van der Waals surface area (Å²) in [7, 11) is 1.46. The fourth-order valence-electron chi connectivity index (χ4n) is 1.68. The summed E-state index contributed by atoms with van der Waals surface area (Å²) in [6, 6.07) is 21.6. The maximum absolute atomic E-state index is 2.38. The summed E-state index contributed by atoms with van der Waals surface area (Å²) in [5.74, 6) is 0. The van der Waals surface area contributed by atoms with Gasteiger partial charge < -0.3 is 0 Å². The Bertz CT molecular complexity index is 346. The van der Waals surface area contributed by atoms with Gasteiger partial charge in [0, 0.05) is 0 Å². The van der Waals surface area contributed by atoms with Gasteiger partial charge in [0.2, 0.25) is 0 Å². The first-order chi connectivity index (χ1) is 6.88. The summed E-state index contributed by atoms with van der Waals surface area (Å²) in [5, 5.41) is 3.03. The molecule has 2 aromatic carbocycles. The van der Waals surface area contributed by atoms with Crippen LogP contribution in [0.5, 0.6) is 0 Å². The molecule has 2 rings (SSSR count). The summed E-state index contributed by atoms with van der Waals surface area (Å²) in [6.07, 6.45) is 0. The van der Waals surface area contributed by atoms with Gasteiger partial charge in [0.1, 0.15) is 7.44 Å². The van der Waals surface area contributed by atoms with Gasteiger partial charge in [0.05, 0.1) is 8.67 Å². The normalized spacial score (nSPS) is 10.4. The van der Waals surface area contributed by atoms with Crippen LogP contribution in [0.4, 0.5) is 0 Å². The summed E-state index contributed by atoms with van der Waals surface area (Å²) in [6.45, 7) is 0. The largest absolute Gasteiger partial charge is 0.104 e. The van der Waals surface area contributed by atoms with Gasteiger partial charge in [0.25, 0.3) is 0 Å². The van der Waals surface area contributed by atoms with Crippen LogP contribution in [0.3, 0.4) is 0 Å². The number of rotatable bonds is 2. The lowest BCUT2D eigenvalue weighted by molar-refractivity contribution is 1.74. The van der Waals surface area contributed by atoms with Gasteiger partial charge >= 0.3 is 0 Å². The second kappa shape index (κ2) is 4.29. The Labute approximate surface area is 87.6 Å². The van der Waals surface area contributed by atoms with Crippen molar-refractivity contribution >= 4 is 26.5 Å². The van der Waals surface area contributed by atoms with Gasteiger partial charge in [-0.15, -0.1) is 0 Å². The van der Waals surface area contributed by atoms with E-state index in [1.165, 1.54) is 10.4 Å². The molecule has 0 bridgehead atoms. The summed E-state index contributed by atoms with van der Waals surface area (Å²) in [4.78, 5) is 0. The molecule has 0 aliphatic heterocycles. The number of benzene rings is 2. The lowest BCUT2D eigenvalue weighted by atomic mass is 10.4. The fraction of sp³-hybridized carbons (Fsp3) is 0. The molecule has 0 fully saturated rings. The predicted octanol–water partition coefficient (Wildman–Crippen LogP) is 0.158. The van der Waals surface area contributed by atoms with E-state index >= 15 is 0 Å². The van der Waals surface area contributed by atoms with Crippen LogP contribution in [0.1, 0.15) is 0 Å². The molecule has 0 radical (unpaired) electrons. The third-order valence-corrected chi connectivity index (χ3v) is 5.37. The average Bonchev–Trinajstić information content (AvgIpc) is 2.30. The van der Waals surface area contributed by atoms with Crippen molar-refractivity contribution in [3.63, 3.8) is 0 Å². The highest BCUT2D eigenvalue weighted by atomic mass is 28.3. The lowest BCUT2D eigenvalue weighted by Gasteiger charge is -2.10. The van der Waals surface area contributed by atoms with Crippen molar-refractivity contribution in [2.24, 2.45) is 0 Å². The Morgan fingerprint density at radius 3 is 1.36 bits per heavy atom. The summed E-state index contributed by atoms with van der Waals surface area (Å²) in [5.41, 5.74) is 0. The summed E-state index contributed by atoms with van der Waals surface area (Å²) >= 11 is 0. The minimum absolute atomic E-state index is 0.919. The molecule has 0 saturated carbocycles. The van der Waals surface area contributed by atoms with Crippen molar-refractivity contribution in [1.29, 1.82) is 0 Å². The molecule has 0 saturated heterocycles. The van der Waals surface area contributed by atoms with Gasteiger partial charge in [-0.1, -0.05) is 71.0 Å². The summed E-state index contributed by atoms with van der Waals surface area (Å²) < 4.78 is 0. The highest BCUT2D eigenvalue weighted by molar-refractivity contribution is 7.18. The molecular formula is C12H13BSi. The topological polar surface area (TPSA) is 0 Å². The van der Waals surface area contributed by atoms with E-state index < -0.39 is 8.67 Å². The first kappa shape index (κ1) is 9.28. The van der Waals surface area contributed by atoms with Crippen LogP contribution in [-0.4, -0.2) is 16.1 Å². The van der Waals surface area contributed by atoms with Crippen LogP contribution in [0.15, 0.2) is 60.7 Å². The first-order valence-corrected chi connectivity index (χ1v) is 7.29. The highest BCUT2D eigenvalue weighted by Gasteiger charge is 2.07. The van der Waals surface area contributed by atoms with Crippen LogP contribution in [-0.2, 0) is 0 Å². The van der Waals surface area contributed by atoms with Gasteiger partial charge in [-0.25, -0.2) is 0 Å². The molecule has 2 heteroatoms. The molecule has 14 heavy (non-hydrogen) atoms. The molecule has 0 nitrogen and oxygen atoms in total. The maximum atomic E-state index is 2.38. The zero-order valence-corrected chi connectivity index (χ0v) is 9.51. The molecule has 0 aliphatic rings. The van der Waals surface area contributed by atoms with Crippen molar-refractivity contribution in [2.45, 2.75) is 0 Å². The van der Waals surface area contributed by atoms with Gasteiger partial charge in [0.15, 0.2) is 0 Å².